The fourth-order valence-electron chi connectivity index (χ4n) is 3.71. The Kier molecular flexibility index (Phi) is 5.75. The molecule has 27 heavy (non-hydrogen) atoms. The third-order valence-electron chi connectivity index (χ3n) is 5.07. The minimum Gasteiger partial charge on any atom is -0.345 e. The molecule has 0 saturated carbocycles. The largest absolute Gasteiger partial charge is 0.345 e. The van der Waals surface area contributed by atoms with Gasteiger partial charge in [-0.05, 0) is 56.0 Å². The number of benzene rings is 1. The van der Waals surface area contributed by atoms with Crippen LogP contribution in [-0.2, 0) is 19.5 Å². The molecule has 0 spiro atoms. The van der Waals surface area contributed by atoms with Crippen molar-refractivity contribution in [3.63, 3.8) is 0 Å². The maximum Gasteiger partial charge on any atom is 0.268 e. The average Bonchev–Trinajstić information content (AvgIpc) is 2.90. The Hall–Kier alpha value is -2.88. The number of nitrogens with one attached hydrogen (secondary N) is 1. The average molecular weight is 361 g/mol. The zero-order chi connectivity index (χ0) is 19.4. The van der Waals surface area contributed by atoms with Crippen molar-refractivity contribution in [2.24, 2.45) is 0 Å². The summed E-state index contributed by atoms with van der Waals surface area (Å²) in [4.78, 5) is 17.3. The number of pyridine rings is 1. The molecule has 4 nitrogen and oxygen atoms in total. The number of aromatic nitrogens is 2. The number of aryl methyl sites for hydroxylation is 1. The molecule has 3 rings (SSSR count). The van der Waals surface area contributed by atoms with E-state index in [2.05, 4.69) is 59.9 Å². The maximum absolute atomic E-state index is 13.0. The van der Waals surface area contributed by atoms with Crippen LogP contribution in [-0.4, -0.2) is 15.5 Å². The van der Waals surface area contributed by atoms with Crippen LogP contribution < -0.4 is 5.32 Å². The molecule has 0 radical (unpaired) electrons. The highest BCUT2D eigenvalue weighted by Crippen LogP contribution is 2.24. The van der Waals surface area contributed by atoms with Gasteiger partial charge in [0.05, 0.1) is 12.2 Å². The smallest absolute Gasteiger partial charge is 0.268 e. The molecule has 0 bridgehead atoms. The van der Waals surface area contributed by atoms with E-state index >= 15 is 0 Å². The number of nitrogens with zero attached hydrogens (tertiary/aromatic N) is 2. The van der Waals surface area contributed by atoms with E-state index < -0.39 is 0 Å². The highest BCUT2D eigenvalue weighted by atomic mass is 16.1. The van der Waals surface area contributed by atoms with Crippen molar-refractivity contribution < 1.29 is 4.79 Å². The highest BCUT2D eigenvalue weighted by Gasteiger charge is 2.22. The SMILES string of the molecule is CCc1c(C)c(C(=O)NCc2ccccn2)n(Cc2cccc(C)c2)c1C. The van der Waals surface area contributed by atoms with Crippen LogP contribution in [0.2, 0.25) is 0 Å². The van der Waals surface area contributed by atoms with Crippen LogP contribution in [0.4, 0.5) is 0 Å². The quantitative estimate of drug-likeness (QED) is 0.709. The normalized spacial score (nSPS) is 10.8. The van der Waals surface area contributed by atoms with Crippen LogP contribution in [0.3, 0.4) is 0 Å². The first-order chi connectivity index (χ1) is 13.0. The highest BCUT2D eigenvalue weighted by molar-refractivity contribution is 5.95. The molecule has 1 N–H and O–H groups in total. The van der Waals surface area contributed by atoms with Gasteiger partial charge < -0.3 is 9.88 Å². The fraction of sp³-hybridized carbons (Fsp3) is 0.304. The lowest BCUT2D eigenvalue weighted by Crippen LogP contribution is -2.27. The molecule has 0 unspecified atom stereocenters. The Morgan fingerprint density at radius 1 is 1.11 bits per heavy atom. The Balaban J connectivity index is 1.92. The number of hydrogen-bond acceptors (Lipinski definition) is 2. The lowest BCUT2D eigenvalue weighted by molar-refractivity contribution is 0.0940. The second kappa shape index (κ2) is 8.21. The summed E-state index contributed by atoms with van der Waals surface area (Å²) in [6.45, 7) is 9.51. The van der Waals surface area contributed by atoms with E-state index in [1.165, 1.54) is 22.4 Å². The summed E-state index contributed by atoms with van der Waals surface area (Å²) in [5.41, 5.74) is 7.53. The summed E-state index contributed by atoms with van der Waals surface area (Å²) < 4.78 is 2.15. The maximum atomic E-state index is 13.0. The van der Waals surface area contributed by atoms with Gasteiger partial charge in [-0.2, -0.15) is 0 Å². The monoisotopic (exact) mass is 361 g/mol. The van der Waals surface area contributed by atoms with E-state index in [9.17, 15) is 4.79 Å². The third-order valence-corrected chi connectivity index (χ3v) is 5.07. The molecule has 3 aromatic rings. The summed E-state index contributed by atoms with van der Waals surface area (Å²) in [6.07, 6.45) is 2.66. The van der Waals surface area contributed by atoms with Crippen LogP contribution in [0.25, 0.3) is 0 Å². The van der Waals surface area contributed by atoms with Gasteiger partial charge >= 0.3 is 0 Å². The van der Waals surface area contributed by atoms with Crippen molar-refractivity contribution in [1.29, 1.82) is 0 Å². The lowest BCUT2D eigenvalue weighted by Gasteiger charge is -2.13. The van der Waals surface area contributed by atoms with E-state index in [-0.39, 0.29) is 5.91 Å². The molecule has 140 valence electrons. The zero-order valence-corrected chi connectivity index (χ0v) is 16.5. The Morgan fingerprint density at radius 2 is 1.93 bits per heavy atom. The van der Waals surface area contributed by atoms with Crippen LogP contribution >= 0.6 is 0 Å². The number of carbonyl (C=O) groups excluding carboxylic acids is 1. The second-order valence-corrected chi connectivity index (χ2v) is 6.97. The lowest BCUT2D eigenvalue weighted by atomic mass is 10.1. The molecule has 1 aromatic carbocycles. The van der Waals surface area contributed by atoms with Gasteiger partial charge in [0.25, 0.3) is 5.91 Å². The summed E-state index contributed by atoms with van der Waals surface area (Å²) in [5.74, 6) is -0.0476. The van der Waals surface area contributed by atoms with E-state index in [1.54, 1.807) is 6.20 Å². The second-order valence-electron chi connectivity index (χ2n) is 6.97. The summed E-state index contributed by atoms with van der Waals surface area (Å²) in [6, 6.07) is 14.2. The summed E-state index contributed by atoms with van der Waals surface area (Å²) in [7, 11) is 0. The van der Waals surface area contributed by atoms with E-state index in [4.69, 9.17) is 0 Å². The van der Waals surface area contributed by atoms with Crippen LogP contribution in [0.5, 0.6) is 0 Å². The third kappa shape index (κ3) is 4.11. The van der Waals surface area contributed by atoms with Crippen molar-refractivity contribution in [3.8, 4) is 0 Å². The Labute approximate surface area is 161 Å². The topological polar surface area (TPSA) is 46.9 Å². The van der Waals surface area contributed by atoms with Crippen molar-refractivity contribution in [1.82, 2.24) is 14.9 Å². The first-order valence-corrected chi connectivity index (χ1v) is 9.43. The van der Waals surface area contributed by atoms with Gasteiger partial charge in [0.1, 0.15) is 5.69 Å². The van der Waals surface area contributed by atoms with Gasteiger partial charge in [0.15, 0.2) is 0 Å². The standard InChI is InChI=1S/C23H27N3O/c1-5-21-17(3)22(23(27)25-14-20-11-6-7-12-24-20)26(18(21)4)15-19-10-8-9-16(2)13-19/h6-13H,5,14-15H2,1-4H3,(H,25,27). The molecule has 2 aromatic heterocycles. The van der Waals surface area contributed by atoms with E-state index in [0.29, 0.717) is 13.1 Å². The van der Waals surface area contributed by atoms with Crippen LogP contribution in [0, 0.1) is 20.8 Å². The van der Waals surface area contributed by atoms with Crippen LogP contribution in [0.1, 0.15) is 51.1 Å². The number of hydrogen-bond donors (Lipinski definition) is 1. The van der Waals surface area contributed by atoms with Crippen molar-refractivity contribution in [2.45, 2.75) is 47.2 Å². The Morgan fingerprint density at radius 3 is 2.59 bits per heavy atom. The minimum atomic E-state index is -0.0476. The van der Waals surface area contributed by atoms with Gasteiger partial charge in [-0.3, -0.25) is 9.78 Å². The predicted molar refractivity (Wildman–Crippen MR) is 109 cm³/mol. The molecule has 0 aliphatic heterocycles. The van der Waals surface area contributed by atoms with E-state index in [1.807, 2.05) is 25.1 Å². The molecule has 0 saturated heterocycles. The van der Waals surface area contributed by atoms with Crippen molar-refractivity contribution in [3.05, 3.63) is 88.0 Å². The molecule has 0 atom stereocenters. The van der Waals surface area contributed by atoms with E-state index in [0.717, 1.165) is 23.4 Å². The molecule has 0 aliphatic rings. The zero-order valence-electron chi connectivity index (χ0n) is 16.5. The van der Waals surface area contributed by atoms with Gasteiger partial charge in [-0.25, -0.2) is 0 Å². The number of rotatable bonds is 6. The van der Waals surface area contributed by atoms with Gasteiger partial charge in [0.2, 0.25) is 0 Å². The number of carbonyl (C=O) groups is 1. The van der Waals surface area contributed by atoms with Crippen molar-refractivity contribution in [2.75, 3.05) is 0 Å². The molecule has 1 amide bonds. The predicted octanol–water partition coefficient (Wildman–Crippen LogP) is 4.35. The summed E-state index contributed by atoms with van der Waals surface area (Å²) >= 11 is 0. The molecule has 0 fully saturated rings. The molecule has 4 heteroatoms. The van der Waals surface area contributed by atoms with Gasteiger partial charge in [-0.15, -0.1) is 0 Å². The molecular weight excluding hydrogens is 334 g/mol. The molecule has 0 aliphatic carbocycles. The molecule has 2 heterocycles. The Bertz CT molecular complexity index is 942. The van der Waals surface area contributed by atoms with Gasteiger partial charge in [-0.1, -0.05) is 42.8 Å². The first-order valence-electron chi connectivity index (χ1n) is 9.43. The molecular formula is C23H27N3O. The van der Waals surface area contributed by atoms with Crippen LogP contribution in [0.15, 0.2) is 48.7 Å². The van der Waals surface area contributed by atoms with Gasteiger partial charge in [0, 0.05) is 18.4 Å². The van der Waals surface area contributed by atoms with Crippen molar-refractivity contribution >= 4 is 5.91 Å². The first kappa shape index (κ1) is 18.9. The summed E-state index contributed by atoms with van der Waals surface area (Å²) in [5, 5.41) is 3.04. The fourth-order valence-corrected chi connectivity index (χ4v) is 3.71. The minimum absolute atomic E-state index is 0.0476. The number of amides is 1.